The maximum Gasteiger partial charge on any atom is 0.0233 e. The van der Waals surface area contributed by atoms with Crippen LogP contribution in [0.25, 0.3) is 0 Å². The van der Waals surface area contributed by atoms with Crippen molar-refractivity contribution in [2.24, 2.45) is 0 Å². The highest BCUT2D eigenvalue weighted by molar-refractivity contribution is 5.33. The van der Waals surface area contributed by atoms with Gasteiger partial charge in [0, 0.05) is 13.1 Å². The summed E-state index contributed by atoms with van der Waals surface area (Å²) in [6.07, 6.45) is 1.21. The summed E-state index contributed by atoms with van der Waals surface area (Å²) in [5, 5.41) is 0. The second-order valence-corrected chi connectivity index (χ2v) is 3.76. The lowest BCUT2D eigenvalue weighted by atomic mass is 9.98. The molecule has 1 heteroatoms. The van der Waals surface area contributed by atoms with Crippen LogP contribution in [0, 0.1) is 6.92 Å². The van der Waals surface area contributed by atoms with Gasteiger partial charge in [-0.05, 0) is 31.5 Å². The number of hydrogen-bond acceptors (Lipinski definition) is 1. The van der Waals surface area contributed by atoms with Crippen LogP contribution in [0.3, 0.4) is 0 Å². The van der Waals surface area contributed by atoms with Crippen molar-refractivity contribution in [3.8, 4) is 0 Å². The van der Waals surface area contributed by atoms with Crippen molar-refractivity contribution in [1.82, 2.24) is 4.90 Å². The Hall–Kier alpha value is -0.820. The Bertz CT molecular complexity index is 291. The number of rotatable bonds is 0. The average molecular weight is 161 g/mol. The number of hydrogen-bond donors (Lipinski definition) is 0. The second-order valence-electron chi connectivity index (χ2n) is 3.76. The molecule has 64 valence electrons. The van der Waals surface area contributed by atoms with Crippen LogP contribution in [-0.4, -0.2) is 18.5 Å². The van der Waals surface area contributed by atoms with E-state index in [1.54, 1.807) is 5.56 Å². The molecule has 0 spiro atoms. The lowest BCUT2D eigenvalue weighted by Gasteiger charge is -2.25. The minimum absolute atomic E-state index is 1.12. The molecule has 2 rings (SSSR count). The molecule has 12 heavy (non-hydrogen) atoms. The Morgan fingerprint density at radius 2 is 2.08 bits per heavy atom. The van der Waals surface area contributed by atoms with Gasteiger partial charge in [0.25, 0.3) is 0 Å². The maximum atomic E-state index is 2.38. The van der Waals surface area contributed by atoms with Gasteiger partial charge in [0.1, 0.15) is 0 Å². The molecule has 0 unspecified atom stereocenters. The molecule has 1 nitrogen and oxygen atoms in total. The topological polar surface area (TPSA) is 3.24 Å². The highest BCUT2D eigenvalue weighted by Gasteiger charge is 2.11. The molecule has 1 heterocycles. The molecule has 1 aliphatic heterocycles. The van der Waals surface area contributed by atoms with E-state index < -0.39 is 0 Å². The average Bonchev–Trinajstić information content (AvgIpc) is 2.03. The number of benzene rings is 1. The Balaban J connectivity index is 2.37. The first kappa shape index (κ1) is 7.81. The van der Waals surface area contributed by atoms with E-state index in [9.17, 15) is 0 Å². The van der Waals surface area contributed by atoms with Crippen LogP contribution in [0.1, 0.15) is 16.7 Å². The summed E-state index contributed by atoms with van der Waals surface area (Å²) < 4.78 is 0. The van der Waals surface area contributed by atoms with Gasteiger partial charge >= 0.3 is 0 Å². The van der Waals surface area contributed by atoms with Crippen molar-refractivity contribution < 1.29 is 0 Å². The van der Waals surface area contributed by atoms with Gasteiger partial charge in [-0.15, -0.1) is 0 Å². The fourth-order valence-corrected chi connectivity index (χ4v) is 1.83. The molecule has 0 saturated heterocycles. The lowest BCUT2D eigenvalue weighted by Crippen LogP contribution is -2.26. The van der Waals surface area contributed by atoms with Gasteiger partial charge < -0.3 is 4.90 Å². The van der Waals surface area contributed by atoms with E-state index in [2.05, 4.69) is 37.1 Å². The molecule has 0 amide bonds. The molecule has 0 bridgehead atoms. The predicted octanol–water partition coefficient (Wildman–Crippen LogP) is 1.98. The quantitative estimate of drug-likeness (QED) is 0.562. The van der Waals surface area contributed by atoms with Gasteiger partial charge in [0.05, 0.1) is 0 Å². The van der Waals surface area contributed by atoms with Gasteiger partial charge in [-0.2, -0.15) is 0 Å². The van der Waals surface area contributed by atoms with Gasteiger partial charge in [0.2, 0.25) is 0 Å². The normalized spacial score (nSPS) is 17.5. The van der Waals surface area contributed by atoms with Crippen molar-refractivity contribution in [3.63, 3.8) is 0 Å². The third-order valence-electron chi connectivity index (χ3n) is 2.56. The highest BCUT2D eigenvalue weighted by Crippen LogP contribution is 2.18. The van der Waals surface area contributed by atoms with E-state index in [1.165, 1.54) is 24.1 Å². The zero-order chi connectivity index (χ0) is 8.55. The van der Waals surface area contributed by atoms with Crippen molar-refractivity contribution in [2.45, 2.75) is 19.9 Å². The summed E-state index contributed by atoms with van der Waals surface area (Å²) in [5.74, 6) is 0. The largest absolute Gasteiger partial charge is 0.302 e. The molecule has 0 saturated carbocycles. The van der Waals surface area contributed by atoms with Gasteiger partial charge in [-0.3, -0.25) is 0 Å². The number of aryl methyl sites for hydroxylation is 1. The van der Waals surface area contributed by atoms with Crippen LogP contribution in [0.5, 0.6) is 0 Å². The number of likely N-dealkylation sites (N-methyl/N-ethyl adjacent to an activating group) is 1. The first-order valence-corrected chi connectivity index (χ1v) is 4.52. The smallest absolute Gasteiger partial charge is 0.0233 e. The van der Waals surface area contributed by atoms with Gasteiger partial charge in [-0.25, -0.2) is 0 Å². The van der Waals surface area contributed by atoms with E-state index in [4.69, 9.17) is 0 Å². The van der Waals surface area contributed by atoms with Crippen LogP contribution in [-0.2, 0) is 13.0 Å². The van der Waals surface area contributed by atoms with Crippen LogP contribution < -0.4 is 0 Å². The minimum atomic E-state index is 1.12. The lowest BCUT2D eigenvalue weighted by molar-refractivity contribution is 0.313. The van der Waals surface area contributed by atoms with Crippen molar-refractivity contribution in [2.75, 3.05) is 13.6 Å². The second kappa shape index (κ2) is 2.91. The standard InChI is InChI=1S/C11H15N/c1-9-3-4-10-5-6-12(2)8-11(10)7-9/h3-4,7H,5-6,8H2,1-2H3. The monoisotopic (exact) mass is 161 g/mol. The van der Waals surface area contributed by atoms with Crippen LogP contribution in [0.2, 0.25) is 0 Å². The summed E-state index contributed by atoms with van der Waals surface area (Å²) >= 11 is 0. The Morgan fingerprint density at radius 3 is 2.92 bits per heavy atom. The summed E-state index contributed by atoms with van der Waals surface area (Å²) in [7, 11) is 2.19. The molecule has 1 aromatic carbocycles. The molecule has 0 radical (unpaired) electrons. The summed E-state index contributed by atoms with van der Waals surface area (Å²) in [4.78, 5) is 2.38. The number of nitrogens with zero attached hydrogens (tertiary/aromatic N) is 1. The molecule has 1 aromatic rings. The highest BCUT2D eigenvalue weighted by atomic mass is 15.1. The molecule has 0 N–H and O–H groups in total. The molecule has 0 aromatic heterocycles. The molecular formula is C11H15N. The van der Waals surface area contributed by atoms with Gasteiger partial charge in [0.15, 0.2) is 0 Å². The van der Waals surface area contributed by atoms with Crippen LogP contribution in [0.15, 0.2) is 18.2 Å². The first-order chi connectivity index (χ1) is 5.75. The van der Waals surface area contributed by atoms with E-state index in [1.807, 2.05) is 0 Å². The zero-order valence-corrected chi connectivity index (χ0v) is 7.80. The first-order valence-electron chi connectivity index (χ1n) is 4.52. The molecule has 0 aliphatic carbocycles. The maximum absolute atomic E-state index is 2.38. The number of fused-ring (bicyclic) bond motifs is 1. The third kappa shape index (κ3) is 1.37. The van der Waals surface area contributed by atoms with Crippen LogP contribution in [0.4, 0.5) is 0 Å². The predicted molar refractivity (Wildman–Crippen MR) is 51.2 cm³/mol. The summed E-state index contributed by atoms with van der Waals surface area (Å²) in [5.41, 5.74) is 4.44. The Labute approximate surface area is 74.0 Å². The SMILES string of the molecule is Cc1ccc2c(c1)CN(C)CC2. The summed E-state index contributed by atoms with van der Waals surface area (Å²) in [6, 6.07) is 6.80. The summed E-state index contributed by atoms with van der Waals surface area (Å²) in [6.45, 7) is 4.49. The third-order valence-corrected chi connectivity index (χ3v) is 2.56. The van der Waals surface area contributed by atoms with E-state index in [0.717, 1.165) is 6.54 Å². The molecule has 0 fully saturated rings. The van der Waals surface area contributed by atoms with Crippen LogP contribution >= 0.6 is 0 Å². The Morgan fingerprint density at radius 1 is 1.25 bits per heavy atom. The van der Waals surface area contributed by atoms with E-state index in [0.29, 0.717) is 0 Å². The fourth-order valence-electron chi connectivity index (χ4n) is 1.83. The minimum Gasteiger partial charge on any atom is -0.302 e. The molecular weight excluding hydrogens is 146 g/mol. The van der Waals surface area contributed by atoms with E-state index in [-0.39, 0.29) is 0 Å². The Kier molecular flexibility index (Phi) is 1.89. The molecule has 0 atom stereocenters. The fraction of sp³-hybridized carbons (Fsp3) is 0.455. The van der Waals surface area contributed by atoms with Crippen molar-refractivity contribution in [1.29, 1.82) is 0 Å². The van der Waals surface area contributed by atoms with Gasteiger partial charge in [-0.1, -0.05) is 23.8 Å². The zero-order valence-electron chi connectivity index (χ0n) is 7.80. The van der Waals surface area contributed by atoms with E-state index >= 15 is 0 Å². The van der Waals surface area contributed by atoms with Crippen molar-refractivity contribution >= 4 is 0 Å². The molecule has 1 aliphatic rings. The van der Waals surface area contributed by atoms with Crippen molar-refractivity contribution in [3.05, 3.63) is 34.9 Å².